The molecular formula is C24H32N2O3S. The summed E-state index contributed by atoms with van der Waals surface area (Å²) in [6.07, 6.45) is 5.55. The van der Waals surface area contributed by atoms with Crippen LogP contribution in [-0.4, -0.2) is 31.7 Å². The zero-order valence-corrected chi connectivity index (χ0v) is 18.7. The largest absolute Gasteiger partial charge is 0.326 e. The fourth-order valence-corrected chi connectivity index (χ4v) is 5.80. The molecule has 0 aromatic heterocycles. The smallest absolute Gasteiger partial charge is 0.243 e. The van der Waals surface area contributed by atoms with Gasteiger partial charge in [-0.2, -0.15) is 4.31 Å². The van der Waals surface area contributed by atoms with E-state index in [0.717, 1.165) is 44.1 Å². The average molecular weight is 429 g/mol. The number of carbonyl (C=O) groups is 1. The van der Waals surface area contributed by atoms with Gasteiger partial charge >= 0.3 is 0 Å². The maximum Gasteiger partial charge on any atom is 0.243 e. The number of hydrogen-bond acceptors (Lipinski definition) is 3. The maximum atomic E-state index is 13.3. The Kier molecular flexibility index (Phi) is 7.67. The van der Waals surface area contributed by atoms with Crippen LogP contribution in [0.25, 0.3) is 0 Å². The van der Waals surface area contributed by atoms with Crippen molar-refractivity contribution in [3.8, 4) is 0 Å². The second-order valence-corrected chi connectivity index (χ2v) is 9.95. The number of aryl methyl sites for hydroxylation is 1. The predicted molar refractivity (Wildman–Crippen MR) is 121 cm³/mol. The van der Waals surface area contributed by atoms with E-state index < -0.39 is 10.0 Å². The van der Waals surface area contributed by atoms with Gasteiger partial charge in [-0.15, -0.1) is 0 Å². The van der Waals surface area contributed by atoms with Gasteiger partial charge in [0, 0.05) is 18.8 Å². The molecule has 1 N–H and O–H groups in total. The molecule has 2 aromatic rings. The Labute approximate surface area is 180 Å². The topological polar surface area (TPSA) is 66.5 Å². The highest BCUT2D eigenvalue weighted by atomic mass is 32.2. The van der Waals surface area contributed by atoms with Gasteiger partial charge in [0.25, 0.3) is 0 Å². The second-order valence-electron chi connectivity index (χ2n) is 8.04. The number of sulfonamides is 1. The monoisotopic (exact) mass is 428 g/mol. The molecule has 1 atom stereocenters. The van der Waals surface area contributed by atoms with Gasteiger partial charge in [0.05, 0.1) is 10.8 Å². The minimum Gasteiger partial charge on any atom is -0.326 e. The van der Waals surface area contributed by atoms with Crippen LogP contribution < -0.4 is 5.32 Å². The van der Waals surface area contributed by atoms with E-state index in [9.17, 15) is 13.2 Å². The lowest BCUT2D eigenvalue weighted by molar-refractivity contribution is -0.117. The molecule has 5 nitrogen and oxygen atoms in total. The fourth-order valence-electron chi connectivity index (χ4n) is 4.03. The van der Waals surface area contributed by atoms with Crippen LogP contribution in [0.1, 0.15) is 62.5 Å². The third-order valence-electron chi connectivity index (χ3n) is 5.73. The summed E-state index contributed by atoms with van der Waals surface area (Å²) < 4.78 is 28.1. The van der Waals surface area contributed by atoms with Crippen molar-refractivity contribution in [1.82, 2.24) is 4.31 Å². The van der Waals surface area contributed by atoms with Gasteiger partial charge in [-0.3, -0.25) is 4.79 Å². The second kappa shape index (κ2) is 10.2. The minimum atomic E-state index is -3.57. The molecule has 1 fully saturated rings. The van der Waals surface area contributed by atoms with E-state index >= 15 is 0 Å². The van der Waals surface area contributed by atoms with Crippen LogP contribution in [0.3, 0.4) is 0 Å². The summed E-state index contributed by atoms with van der Waals surface area (Å²) in [7, 11) is -3.57. The Bertz CT molecular complexity index is 950. The van der Waals surface area contributed by atoms with E-state index in [4.69, 9.17) is 0 Å². The number of nitrogens with zero attached hydrogens (tertiary/aromatic N) is 1. The maximum absolute atomic E-state index is 13.3. The molecule has 0 saturated carbocycles. The first-order chi connectivity index (χ1) is 14.4. The molecule has 30 heavy (non-hydrogen) atoms. The van der Waals surface area contributed by atoms with Crippen LogP contribution in [0.15, 0.2) is 53.4 Å². The number of amides is 1. The van der Waals surface area contributed by atoms with E-state index in [1.165, 1.54) is 0 Å². The lowest BCUT2D eigenvalue weighted by atomic mass is 9.93. The molecule has 0 radical (unpaired) electrons. The molecule has 6 heteroatoms. The first-order valence-corrected chi connectivity index (χ1v) is 12.3. The molecule has 3 rings (SSSR count). The highest BCUT2D eigenvalue weighted by Crippen LogP contribution is 2.28. The number of nitrogens with one attached hydrogen (secondary N) is 1. The van der Waals surface area contributed by atoms with E-state index in [1.807, 2.05) is 30.3 Å². The van der Waals surface area contributed by atoms with Crippen molar-refractivity contribution in [3.05, 3.63) is 59.7 Å². The van der Waals surface area contributed by atoms with Gasteiger partial charge in [-0.05, 0) is 49.4 Å². The third-order valence-corrected chi connectivity index (χ3v) is 7.77. The highest BCUT2D eigenvalue weighted by Gasteiger charge is 2.27. The number of anilines is 1. The summed E-state index contributed by atoms with van der Waals surface area (Å²) in [5.41, 5.74) is 2.20. The van der Waals surface area contributed by atoms with Crippen LogP contribution in [0.2, 0.25) is 0 Å². The van der Waals surface area contributed by atoms with Gasteiger partial charge in [-0.1, -0.05) is 62.6 Å². The predicted octanol–water partition coefficient (Wildman–Crippen LogP) is 5.08. The normalized spacial score (nSPS) is 16.6. The number of rotatable bonds is 7. The molecule has 0 bridgehead atoms. The Balaban J connectivity index is 1.84. The third kappa shape index (κ3) is 5.29. The quantitative estimate of drug-likeness (QED) is 0.668. The van der Waals surface area contributed by atoms with E-state index in [1.54, 1.807) is 29.4 Å². The fraction of sp³-hybridized carbons (Fsp3) is 0.458. The van der Waals surface area contributed by atoms with Gasteiger partial charge in [0.1, 0.15) is 0 Å². The van der Waals surface area contributed by atoms with Crippen LogP contribution in [0.4, 0.5) is 5.69 Å². The summed E-state index contributed by atoms with van der Waals surface area (Å²) in [6, 6.07) is 14.9. The zero-order chi connectivity index (χ0) is 21.6. The number of carbonyl (C=O) groups excluding carboxylic acids is 1. The van der Waals surface area contributed by atoms with Crippen molar-refractivity contribution in [2.24, 2.45) is 0 Å². The first kappa shape index (κ1) is 22.5. The van der Waals surface area contributed by atoms with Gasteiger partial charge in [0.2, 0.25) is 15.9 Å². The van der Waals surface area contributed by atoms with Crippen molar-refractivity contribution in [2.75, 3.05) is 18.4 Å². The van der Waals surface area contributed by atoms with Gasteiger partial charge in [0.15, 0.2) is 0 Å². The molecule has 0 spiro atoms. The SMILES string of the molecule is CCCC(C(=O)Nc1ccc(C)c(S(=O)(=O)N2CCCCCC2)c1)c1ccccc1. The Morgan fingerprint density at radius 2 is 1.70 bits per heavy atom. The highest BCUT2D eigenvalue weighted by molar-refractivity contribution is 7.89. The Morgan fingerprint density at radius 3 is 2.33 bits per heavy atom. The van der Waals surface area contributed by atoms with Crippen LogP contribution in [-0.2, 0) is 14.8 Å². The first-order valence-electron chi connectivity index (χ1n) is 10.9. The van der Waals surface area contributed by atoms with Crippen LogP contribution >= 0.6 is 0 Å². The van der Waals surface area contributed by atoms with Crippen molar-refractivity contribution in [2.45, 2.75) is 63.2 Å². The molecular weight excluding hydrogens is 396 g/mol. The molecule has 1 unspecified atom stereocenters. The van der Waals surface area contributed by atoms with Gasteiger partial charge < -0.3 is 5.32 Å². The average Bonchev–Trinajstić information content (AvgIpc) is 3.04. The van der Waals surface area contributed by atoms with Crippen molar-refractivity contribution >= 4 is 21.6 Å². The number of hydrogen-bond donors (Lipinski definition) is 1. The van der Waals surface area contributed by atoms with E-state index in [-0.39, 0.29) is 16.7 Å². The summed E-state index contributed by atoms with van der Waals surface area (Å²) in [5, 5.41) is 2.96. The minimum absolute atomic E-state index is 0.106. The molecule has 1 aliphatic rings. The van der Waals surface area contributed by atoms with Crippen molar-refractivity contribution in [3.63, 3.8) is 0 Å². The molecule has 162 valence electrons. The molecule has 1 saturated heterocycles. The summed E-state index contributed by atoms with van der Waals surface area (Å²) in [4.78, 5) is 13.3. The van der Waals surface area contributed by atoms with Gasteiger partial charge in [-0.25, -0.2) is 8.42 Å². The molecule has 1 heterocycles. The molecule has 1 aliphatic heterocycles. The van der Waals surface area contributed by atoms with Crippen LogP contribution in [0, 0.1) is 6.92 Å². The summed E-state index contributed by atoms with van der Waals surface area (Å²) in [6.45, 7) is 4.98. The molecule has 0 aliphatic carbocycles. The van der Waals surface area contributed by atoms with Crippen molar-refractivity contribution in [1.29, 1.82) is 0 Å². The lowest BCUT2D eigenvalue weighted by Crippen LogP contribution is -2.32. The lowest BCUT2D eigenvalue weighted by Gasteiger charge is -2.22. The molecule has 2 aromatic carbocycles. The molecule has 1 amide bonds. The van der Waals surface area contributed by atoms with Crippen LogP contribution in [0.5, 0.6) is 0 Å². The summed E-state index contributed by atoms with van der Waals surface area (Å²) in [5.74, 6) is -0.367. The van der Waals surface area contributed by atoms with E-state index in [2.05, 4.69) is 12.2 Å². The number of benzene rings is 2. The zero-order valence-electron chi connectivity index (χ0n) is 17.9. The Hall–Kier alpha value is -2.18. The van der Waals surface area contributed by atoms with E-state index in [0.29, 0.717) is 24.3 Å². The Morgan fingerprint density at radius 1 is 1.03 bits per heavy atom. The van der Waals surface area contributed by atoms with Crippen molar-refractivity contribution < 1.29 is 13.2 Å². The summed E-state index contributed by atoms with van der Waals surface area (Å²) >= 11 is 0. The standard InChI is InChI=1S/C24H32N2O3S/c1-3-11-22(20-12-7-6-8-13-20)24(27)25-21-15-14-19(2)23(18-21)30(28,29)26-16-9-4-5-10-17-26/h6-8,12-15,18,22H,3-5,9-11,16-17H2,1-2H3,(H,25,27).